The summed E-state index contributed by atoms with van der Waals surface area (Å²) < 4.78 is 5.36. The second kappa shape index (κ2) is 12.3. The predicted molar refractivity (Wildman–Crippen MR) is 138 cm³/mol. The summed E-state index contributed by atoms with van der Waals surface area (Å²) in [7, 11) is 1.72. The van der Waals surface area contributed by atoms with Crippen LogP contribution in [-0.2, 0) is 6.54 Å². The normalized spacial score (nSPS) is 16.5. The van der Waals surface area contributed by atoms with Crippen molar-refractivity contribution in [2.45, 2.75) is 39.7 Å². The van der Waals surface area contributed by atoms with E-state index in [1.807, 2.05) is 6.07 Å². The van der Waals surface area contributed by atoms with Gasteiger partial charge in [-0.15, -0.1) is 35.3 Å². The molecule has 0 saturated carbocycles. The summed E-state index contributed by atoms with van der Waals surface area (Å²) in [5.41, 5.74) is 2.39. The standard InChI is InChI=1S/C22H33N5OS.HI/c1-5-23-22(25-13-21-26-20(15-29-21)16(2)3)24-12-17-9-10-27(14-17)18-7-6-8-19(11-18)28-4;/h6-8,11,15-17H,5,9-10,12-14H2,1-4H3,(H2,23,24,25);1H. The zero-order valence-corrected chi connectivity index (χ0v) is 21.5. The van der Waals surface area contributed by atoms with Crippen molar-refractivity contribution in [2.24, 2.45) is 10.9 Å². The number of methoxy groups -OCH3 is 1. The molecule has 1 unspecified atom stereocenters. The molecule has 1 aliphatic rings. The number of guanidine groups is 1. The molecule has 0 amide bonds. The van der Waals surface area contributed by atoms with E-state index in [4.69, 9.17) is 9.73 Å². The topological polar surface area (TPSA) is 61.8 Å². The van der Waals surface area contributed by atoms with Gasteiger partial charge in [-0.05, 0) is 37.3 Å². The number of nitrogens with one attached hydrogen (secondary N) is 2. The van der Waals surface area contributed by atoms with Gasteiger partial charge in [0.15, 0.2) is 5.96 Å². The van der Waals surface area contributed by atoms with Gasteiger partial charge in [0.25, 0.3) is 0 Å². The van der Waals surface area contributed by atoms with Crippen LogP contribution in [0.2, 0.25) is 0 Å². The van der Waals surface area contributed by atoms with Crippen molar-refractivity contribution in [3.63, 3.8) is 0 Å². The first kappa shape index (κ1) is 24.7. The Bertz CT molecular complexity index is 810. The van der Waals surface area contributed by atoms with Crippen LogP contribution in [0.25, 0.3) is 0 Å². The first-order chi connectivity index (χ1) is 14.1. The fourth-order valence-corrected chi connectivity index (χ4v) is 4.31. The summed E-state index contributed by atoms with van der Waals surface area (Å²) in [6.45, 7) is 10.9. The van der Waals surface area contributed by atoms with E-state index in [0.717, 1.165) is 48.6 Å². The van der Waals surface area contributed by atoms with Gasteiger partial charge in [-0.2, -0.15) is 0 Å². The van der Waals surface area contributed by atoms with Crippen molar-refractivity contribution in [3.05, 3.63) is 40.3 Å². The minimum atomic E-state index is 0. The van der Waals surface area contributed by atoms with Gasteiger partial charge in [0.2, 0.25) is 0 Å². The van der Waals surface area contributed by atoms with Crippen LogP contribution < -0.4 is 20.3 Å². The molecular formula is C22H34IN5OS. The first-order valence-corrected chi connectivity index (χ1v) is 11.3. The maximum absolute atomic E-state index is 5.36. The zero-order valence-electron chi connectivity index (χ0n) is 18.4. The van der Waals surface area contributed by atoms with Crippen LogP contribution in [0.1, 0.15) is 43.8 Å². The quantitative estimate of drug-likeness (QED) is 0.292. The Morgan fingerprint density at radius 3 is 2.90 bits per heavy atom. The molecule has 166 valence electrons. The van der Waals surface area contributed by atoms with E-state index in [-0.39, 0.29) is 24.0 Å². The number of benzene rings is 1. The second-order valence-electron chi connectivity index (χ2n) is 7.70. The van der Waals surface area contributed by atoms with Crippen molar-refractivity contribution in [1.82, 2.24) is 15.6 Å². The van der Waals surface area contributed by atoms with E-state index >= 15 is 0 Å². The SMILES string of the molecule is CCNC(=NCc1nc(C(C)C)cs1)NCC1CCN(c2cccc(OC)c2)C1.I. The molecule has 2 N–H and O–H groups in total. The van der Waals surface area contributed by atoms with Crippen molar-refractivity contribution in [1.29, 1.82) is 0 Å². The molecule has 1 aromatic heterocycles. The molecule has 1 fully saturated rings. The predicted octanol–water partition coefficient (Wildman–Crippen LogP) is 4.47. The van der Waals surface area contributed by atoms with Crippen LogP contribution in [0.4, 0.5) is 5.69 Å². The Morgan fingerprint density at radius 2 is 2.20 bits per heavy atom. The number of ether oxygens (including phenoxy) is 1. The molecule has 2 aromatic rings. The Labute approximate surface area is 201 Å². The van der Waals surface area contributed by atoms with Gasteiger partial charge in [0, 0.05) is 43.3 Å². The van der Waals surface area contributed by atoms with Crippen LogP contribution in [0.3, 0.4) is 0 Å². The fraction of sp³-hybridized carbons (Fsp3) is 0.545. The lowest BCUT2D eigenvalue weighted by molar-refractivity contribution is 0.415. The van der Waals surface area contributed by atoms with Crippen molar-refractivity contribution in [2.75, 3.05) is 38.2 Å². The molecule has 1 aromatic carbocycles. The average molecular weight is 544 g/mol. The minimum Gasteiger partial charge on any atom is -0.497 e. The van der Waals surface area contributed by atoms with Crippen LogP contribution in [0, 0.1) is 5.92 Å². The number of hydrogen-bond acceptors (Lipinski definition) is 5. The Balaban J connectivity index is 0.00000320. The zero-order chi connectivity index (χ0) is 20.6. The molecule has 30 heavy (non-hydrogen) atoms. The molecular weight excluding hydrogens is 509 g/mol. The fourth-order valence-electron chi connectivity index (χ4n) is 3.43. The lowest BCUT2D eigenvalue weighted by atomic mass is 10.1. The lowest BCUT2D eigenvalue weighted by Crippen LogP contribution is -2.40. The molecule has 0 spiro atoms. The highest BCUT2D eigenvalue weighted by Gasteiger charge is 2.23. The summed E-state index contributed by atoms with van der Waals surface area (Å²) in [5.74, 6) is 2.84. The number of nitrogens with zero attached hydrogens (tertiary/aromatic N) is 3. The van der Waals surface area contributed by atoms with Gasteiger partial charge < -0.3 is 20.3 Å². The highest BCUT2D eigenvalue weighted by molar-refractivity contribution is 14.0. The highest BCUT2D eigenvalue weighted by atomic mass is 127. The smallest absolute Gasteiger partial charge is 0.191 e. The molecule has 0 bridgehead atoms. The van der Waals surface area contributed by atoms with Gasteiger partial charge in [-0.25, -0.2) is 9.98 Å². The van der Waals surface area contributed by atoms with E-state index in [9.17, 15) is 0 Å². The summed E-state index contributed by atoms with van der Waals surface area (Å²) in [5, 5.41) is 10.1. The van der Waals surface area contributed by atoms with E-state index in [0.29, 0.717) is 18.4 Å². The molecule has 1 aliphatic heterocycles. The maximum Gasteiger partial charge on any atom is 0.191 e. The van der Waals surface area contributed by atoms with Crippen molar-refractivity contribution < 1.29 is 4.74 Å². The summed E-state index contributed by atoms with van der Waals surface area (Å²) in [6, 6.07) is 8.31. The number of aliphatic imine (C=N–C) groups is 1. The number of rotatable bonds is 8. The molecule has 1 saturated heterocycles. The Hall–Kier alpha value is -1.55. The van der Waals surface area contributed by atoms with Gasteiger partial charge in [0.05, 0.1) is 19.3 Å². The van der Waals surface area contributed by atoms with Crippen LogP contribution in [-0.4, -0.2) is 44.2 Å². The van der Waals surface area contributed by atoms with Gasteiger partial charge in [-0.1, -0.05) is 19.9 Å². The number of aromatic nitrogens is 1. The molecule has 3 rings (SSSR count). The van der Waals surface area contributed by atoms with E-state index in [2.05, 4.69) is 64.9 Å². The molecule has 0 aliphatic carbocycles. The minimum absolute atomic E-state index is 0. The van der Waals surface area contributed by atoms with Gasteiger partial charge in [0.1, 0.15) is 10.8 Å². The van der Waals surface area contributed by atoms with Gasteiger partial charge >= 0.3 is 0 Å². The number of hydrogen-bond donors (Lipinski definition) is 2. The largest absolute Gasteiger partial charge is 0.497 e. The van der Waals surface area contributed by atoms with Crippen molar-refractivity contribution >= 4 is 47.0 Å². The van der Waals surface area contributed by atoms with Gasteiger partial charge in [-0.3, -0.25) is 0 Å². The molecule has 2 heterocycles. The monoisotopic (exact) mass is 543 g/mol. The third-order valence-corrected chi connectivity index (χ3v) is 5.99. The Kier molecular flexibility index (Phi) is 10.2. The summed E-state index contributed by atoms with van der Waals surface area (Å²) in [4.78, 5) is 11.8. The number of anilines is 1. The van der Waals surface area contributed by atoms with Crippen LogP contribution in [0.15, 0.2) is 34.6 Å². The molecule has 8 heteroatoms. The second-order valence-corrected chi connectivity index (χ2v) is 8.64. The number of thiazole rings is 1. The van der Waals surface area contributed by atoms with E-state index in [1.165, 1.54) is 12.1 Å². The highest BCUT2D eigenvalue weighted by Crippen LogP contribution is 2.26. The maximum atomic E-state index is 5.36. The van der Waals surface area contributed by atoms with Crippen molar-refractivity contribution in [3.8, 4) is 5.75 Å². The van der Waals surface area contributed by atoms with Crippen LogP contribution in [0.5, 0.6) is 5.75 Å². The number of halogens is 1. The molecule has 1 atom stereocenters. The first-order valence-electron chi connectivity index (χ1n) is 10.4. The lowest BCUT2D eigenvalue weighted by Gasteiger charge is -2.20. The average Bonchev–Trinajstić information content (AvgIpc) is 3.40. The molecule has 6 nitrogen and oxygen atoms in total. The summed E-state index contributed by atoms with van der Waals surface area (Å²) >= 11 is 1.69. The van der Waals surface area contributed by atoms with E-state index < -0.39 is 0 Å². The van der Waals surface area contributed by atoms with Crippen LogP contribution >= 0.6 is 35.3 Å². The van der Waals surface area contributed by atoms with E-state index in [1.54, 1.807) is 18.4 Å². The molecule has 0 radical (unpaired) electrons. The summed E-state index contributed by atoms with van der Waals surface area (Å²) in [6.07, 6.45) is 1.17. The third kappa shape index (κ3) is 7.01. The Morgan fingerprint density at radius 1 is 1.37 bits per heavy atom. The third-order valence-electron chi connectivity index (χ3n) is 5.14.